The molecule has 7 aromatic rings. The van der Waals surface area contributed by atoms with E-state index in [4.69, 9.17) is 23.2 Å². The van der Waals surface area contributed by atoms with Crippen LogP contribution in [-0.4, -0.2) is 39.2 Å². The maximum Gasteiger partial charge on any atom is 0.416 e. The first kappa shape index (κ1) is 43.8. The third kappa shape index (κ3) is 9.82. The maximum absolute atomic E-state index is 15.0. The Morgan fingerprint density at radius 2 is 1.32 bits per heavy atom. The predicted octanol–water partition coefficient (Wildman–Crippen LogP) is 13.6. The predicted molar refractivity (Wildman–Crippen MR) is 229 cm³/mol. The number of halogens is 7. The topological polar surface area (TPSA) is 41.3 Å². The highest BCUT2D eigenvalue weighted by Gasteiger charge is 2.40. The quantitative estimate of drug-likeness (QED) is 0.0673. The van der Waals surface area contributed by atoms with Crippen molar-refractivity contribution in [3.8, 4) is 0 Å². The van der Waals surface area contributed by atoms with Gasteiger partial charge in [-0.15, -0.1) is 0 Å². The second-order valence-electron chi connectivity index (χ2n) is 14.6. The lowest BCUT2D eigenvalue weighted by molar-refractivity contribution is -0.137. The highest BCUT2D eigenvalue weighted by atomic mass is 35.5. The molecule has 1 aromatic heterocycles. The molecular weight excluding hydrogens is 800 g/mol. The minimum Gasteiger partial charge on any atom is -0.388 e. The van der Waals surface area contributed by atoms with Crippen LogP contribution in [0.5, 0.6) is 0 Å². The van der Waals surface area contributed by atoms with Crippen LogP contribution >= 0.6 is 23.2 Å². The van der Waals surface area contributed by atoms with Crippen LogP contribution in [-0.2, 0) is 11.7 Å². The number of aromatic nitrogens is 2. The molecule has 2 atom stereocenters. The van der Waals surface area contributed by atoms with Crippen LogP contribution in [0.4, 0.5) is 22.0 Å². The summed E-state index contributed by atoms with van der Waals surface area (Å²) in [4.78, 5) is 6.53. The van der Waals surface area contributed by atoms with E-state index in [9.17, 15) is 22.7 Å². The number of unbranched alkanes of at least 4 members (excludes halogenated alkanes) is 2. The Kier molecular flexibility index (Phi) is 14.5. The van der Waals surface area contributed by atoms with Crippen molar-refractivity contribution >= 4 is 44.7 Å². The van der Waals surface area contributed by atoms with Gasteiger partial charge in [-0.1, -0.05) is 117 Å². The number of aliphatic hydroxyl groups is 1. The van der Waals surface area contributed by atoms with Gasteiger partial charge in [0.2, 0.25) is 0 Å². The number of hydrogen-bond acceptors (Lipinski definition) is 3. The summed E-state index contributed by atoms with van der Waals surface area (Å²) in [6.07, 6.45) is 4.67. The number of nitrogens with zero attached hydrogens (tertiary/aromatic N) is 3. The Hall–Kier alpha value is -4.80. The first-order chi connectivity index (χ1) is 28.4. The minimum atomic E-state index is -4.48. The second-order valence-corrected chi connectivity index (χ2v) is 15.4. The molecule has 308 valence electrons. The van der Waals surface area contributed by atoms with Crippen LogP contribution in [0.2, 0.25) is 10.0 Å². The number of hydrogen-bond donors (Lipinski definition) is 1. The van der Waals surface area contributed by atoms with E-state index in [1.807, 2.05) is 34.9 Å². The molecule has 0 fully saturated rings. The summed E-state index contributed by atoms with van der Waals surface area (Å²) in [5.74, 6) is -0.677. The zero-order valence-corrected chi connectivity index (χ0v) is 34.4. The van der Waals surface area contributed by atoms with Crippen LogP contribution < -0.4 is 0 Å². The van der Waals surface area contributed by atoms with E-state index in [0.717, 1.165) is 68.6 Å². The van der Waals surface area contributed by atoms with Gasteiger partial charge >= 0.3 is 6.18 Å². The van der Waals surface area contributed by atoms with Gasteiger partial charge in [0, 0.05) is 39.9 Å². The lowest BCUT2D eigenvalue weighted by atomic mass is 9.76. The van der Waals surface area contributed by atoms with Gasteiger partial charge in [-0.05, 0) is 114 Å². The first-order valence-electron chi connectivity index (χ1n) is 19.8. The summed E-state index contributed by atoms with van der Waals surface area (Å²) < 4.78 is 70.8. The molecule has 0 radical (unpaired) electrons. The van der Waals surface area contributed by atoms with Gasteiger partial charge in [0.15, 0.2) is 0 Å². The third-order valence-electron chi connectivity index (χ3n) is 10.7. The number of fused-ring (bicyclic) bond motifs is 3. The summed E-state index contributed by atoms with van der Waals surface area (Å²) >= 11 is 12.6. The monoisotopic (exact) mass is 845 g/mol. The molecule has 4 nitrogen and oxygen atoms in total. The van der Waals surface area contributed by atoms with Gasteiger partial charge in [-0.3, -0.25) is 0 Å². The lowest BCUT2D eigenvalue weighted by Gasteiger charge is -2.37. The average molecular weight is 847 g/mol. The van der Waals surface area contributed by atoms with Crippen molar-refractivity contribution in [3.63, 3.8) is 0 Å². The molecule has 0 aliphatic carbocycles. The van der Waals surface area contributed by atoms with Gasteiger partial charge in [-0.25, -0.2) is 13.8 Å². The van der Waals surface area contributed by atoms with Gasteiger partial charge in [0.25, 0.3) is 0 Å². The Labute approximate surface area is 351 Å². The van der Waals surface area contributed by atoms with Crippen LogP contribution in [0.3, 0.4) is 0 Å². The summed E-state index contributed by atoms with van der Waals surface area (Å²) in [7, 11) is 0. The molecule has 0 bridgehead atoms. The molecule has 7 rings (SSSR count). The maximum atomic E-state index is 15.0. The fourth-order valence-electron chi connectivity index (χ4n) is 7.72. The van der Waals surface area contributed by atoms with Gasteiger partial charge in [0.05, 0.1) is 18.0 Å². The molecule has 6 aromatic carbocycles. The molecule has 0 amide bonds. The van der Waals surface area contributed by atoms with Crippen LogP contribution in [0.15, 0.2) is 134 Å². The van der Waals surface area contributed by atoms with Crippen LogP contribution in [0.25, 0.3) is 21.5 Å². The van der Waals surface area contributed by atoms with Crippen molar-refractivity contribution in [1.82, 2.24) is 14.5 Å². The number of aliphatic hydroxyl groups excluding tert-OH is 1. The summed E-state index contributed by atoms with van der Waals surface area (Å²) in [5, 5.41) is 13.9. The molecule has 1 N–H and O–H groups in total. The van der Waals surface area contributed by atoms with E-state index in [1.165, 1.54) is 24.3 Å². The van der Waals surface area contributed by atoms with Crippen LogP contribution in [0.1, 0.15) is 79.9 Å². The van der Waals surface area contributed by atoms with E-state index in [-0.39, 0.29) is 11.6 Å². The molecule has 0 saturated heterocycles. The van der Waals surface area contributed by atoms with Crippen molar-refractivity contribution in [1.29, 1.82) is 0 Å². The molecule has 1 heterocycles. The van der Waals surface area contributed by atoms with Gasteiger partial charge in [0.1, 0.15) is 17.2 Å². The Morgan fingerprint density at radius 3 is 1.95 bits per heavy atom. The molecule has 59 heavy (non-hydrogen) atoms. The highest BCUT2D eigenvalue weighted by Crippen LogP contribution is 2.43. The zero-order valence-electron chi connectivity index (χ0n) is 32.9. The number of alkyl halides is 3. The van der Waals surface area contributed by atoms with E-state index < -0.39 is 23.4 Å². The smallest absolute Gasteiger partial charge is 0.388 e. The standard InChI is InChI=1S/C26H30Cl2F3NO.C22H16F2N2/c1-3-5-10-32(11-6-4-2)12-9-25(33)23-16-22-21(14-18(27)15-24(22)28)20-13-17(26(29,30)31)7-8-19(20)23;23-19-12-10-18(11-13-19)22(26-15-14-25-16-26,17-6-2-1-3-7-17)20-8-4-5-9-21(20)24/h7-8,13-16,25,33H,3-6,9-12H2,1-2H3;1-16H. The Balaban J connectivity index is 0.000000203. The fourth-order valence-corrected chi connectivity index (χ4v) is 8.26. The van der Waals surface area contributed by atoms with Crippen molar-refractivity contribution in [3.05, 3.63) is 183 Å². The third-order valence-corrected chi connectivity index (χ3v) is 11.2. The molecule has 0 saturated carbocycles. The summed E-state index contributed by atoms with van der Waals surface area (Å²) in [6, 6.07) is 31.0. The summed E-state index contributed by atoms with van der Waals surface area (Å²) in [5.41, 5.74) is 0.904. The molecule has 11 heteroatoms. The summed E-state index contributed by atoms with van der Waals surface area (Å²) in [6.45, 7) is 6.97. The van der Waals surface area contributed by atoms with E-state index in [1.54, 1.807) is 67.3 Å². The largest absolute Gasteiger partial charge is 0.416 e. The second kappa shape index (κ2) is 19.5. The van der Waals surface area contributed by atoms with Crippen molar-refractivity contribution in [2.24, 2.45) is 0 Å². The normalized spacial score (nSPS) is 13.3. The van der Waals surface area contributed by atoms with Gasteiger partial charge < -0.3 is 14.6 Å². The number of rotatable bonds is 14. The fraction of sp³-hybridized carbons (Fsp3) is 0.271. The SMILES string of the molecule is CCCCN(CCCC)CCC(O)c1cc2c(Cl)cc(Cl)cc2c2cc(C(F)(F)F)ccc12.Fc1ccc(C(c2ccccc2)(c2ccccc2F)n2ccnc2)cc1. The molecule has 2 unspecified atom stereocenters. The van der Waals surface area contributed by atoms with E-state index >= 15 is 4.39 Å². The zero-order chi connectivity index (χ0) is 42.2. The van der Waals surface area contributed by atoms with Crippen molar-refractivity contribution < 1.29 is 27.1 Å². The molecular formula is C48H46Cl2F5N3O. The molecule has 0 aliphatic rings. The van der Waals surface area contributed by atoms with E-state index in [0.29, 0.717) is 49.1 Å². The van der Waals surface area contributed by atoms with Crippen LogP contribution in [0, 0.1) is 11.6 Å². The highest BCUT2D eigenvalue weighted by molar-refractivity contribution is 6.39. The first-order valence-corrected chi connectivity index (χ1v) is 20.5. The molecule has 0 aliphatic heterocycles. The van der Waals surface area contributed by atoms with Crippen molar-refractivity contribution in [2.45, 2.75) is 63.8 Å². The van der Waals surface area contributed by atoms with E-state index in [2.05, 4.69) is 23.7 Å². The minimum absolute atomic E-state index is 0.338. The van der Waals surface area contributed by atoms with Crippen molar-refractivity contribution in [2.75, 3.05) is 19.6 Å². The number of imidazole rings is 1. The average Bonchev–Trinajstić information content (AvgIpc) is 3.77. The Morgan fingerprint density at radius 1 is 0.695 bits per heavy atom. The Bertz CT molecular complexity index is 2440. The lowest BCUT2D eigenvalue weighted by Crippen LogP contribution is -2.37. The van der Waals surface area contributed by atoms with Gasteiger partial charge in [-0.2, -0.15) is 13.2 Å². The molecule has 0 spiro atoms. The number of benzene rings is 6.